The van der Waals surface area contributed by atoms with Crippen molar-refractivity contribution in [3.63, 3.8) is 0 Å². The Morgan fingerprint density at radius 1 is 1.04 bits per heavy atom. The van der Waals surface area contributed by atoms with Crippen molar-refractivity contribution in [1.82, 2.24) is 0 Å². The number of aryl methyl sites for hydroxylation is 1. The van der Waals surface area contributed by atoms with E-state index in [1.165, 1.54) is 0 Å². The number of hydrogen-bond donors (Lipinski definition) is 0. The van der Waals surface area contributed by atoms with Gasteiger partial charge in [0.1, 0.15) is 11.7 Å². The predicted molar refractivity (Wildman–Crippen MR) is 83.1 cm³/mol. The molecule has 0 heterocycles. The van der Waals surface area contributed by atoms with Gasteiger partial charge in [0.25, 0.3) is 5.78 Å². The zero-order valence-electron chi connectivity index (χ0n) is 13.7. The monoisotopic (exact) mass is 322 g/mol. The summed E-state index contributed by atoms with van der Waals surface area (Å²) >= 11 is 0. The molecule has 0 N–H and O–H groups in total. The maximum absolute atomic E-state index is 12.1. The molecule has 0 amide bonds. The van der Waals surface area contributed by atoms with Gasteiger partial charge in [-0.05, 0) is 38.3 Å². The molecule has 0 aliphatic rings. The minimum absolute atomic E-state index is 0.0760. The molecule has 1 rings (SSSR count). The van der Waals surface area contributed by atoms with Crippen LogP contribution in [0.15, 0.2) is 24.3 Å². The number of ether oxygens (including phenoxy) is 3. The van der Waals surface area contributed by atoms with Crippen LogP contribution < -0.4 is 4.74 Å². The van der Waals surface area contributed by atoms with E-state index in [0.717, 1.165) is 5.56 Å². The summed E-state index contributed by atoms with van der Waals surface area (Å²) in [5.41, 5.74) is 0.848. The number of carbonyl (C=O) groups is 3. The highest BCUT2D eigenvalue weighted by atomic mass is 16.5. The Labute approximate surface area is 135 Å². The molecule has 1 atom stereocenters. The van der Waals surface area contributed by atoms with E-state index in [2.05, 4.69) is 4.74 Å². The molecule has 23 heavy (non-hydrogen) atoms. The topological polar surface area (TPSA) is 78.9 Å². The van der Waals surface area contributed by atoms with Gasteiger partial charge in [-0.2, -0.15) is 0 Å². The van der Waals surface area contributed by atoms with Crippen LogP contribution in [0.4, 0.5) is 0 Å². The van der Waals surface area contributed by atoms with Crippen LogP contribution in [0.1, 0.15) is 25.8 Å². The molecule has 0 radical (unpaired) electrons. The number of para-hydroxylation sites is 1. The minimum Gasteiger partial charge on any atom is -0.496 e. The standard InChI is InChI=1S/C17H22O6/c1-4-22-16(19)13(15(18)17(20)23-5-2)11-10-12-8-6-7-9-14(12)21-3/h6-9,13H,4-5,10-11H2,1-3H3/t13-/m0/s1. The summed E-state index contributed by atoms with van der Waals surface area (Å²) in [6.07, 6.45) is 0.551. The number of Topliss-reactive ketones (excluding diaryl/α,β-unsaturated/α-hetero) is 1. The highest BCUT2D eigenvalue weighted by molar-refractivity contribution is 6.37. The minimum atomic E-state index is -1.17. The molecule has 126 valence electrons. The lowest BCUT2D eigenvalue weighted by atomic mass is 9.95. The van der Waals surface area contributed by atoms with Gasteiger partial charge >= 0.3 is 11.9 Å². The van der Waals surface area contributed by atoms with Gasteiger partial charge in [0, 0.05) is 0 Å². The van der Waals surface area contributed by atoms with E-state index in [-0.39, 0.29) is 19.6 Å². The fraction of sp³-hybridized carbons (Fsp3) is 0.471. The third-order valence-corrected chi connectivity index (χ3v) is 3.26. The number of rotatable bonds is 9. The molecule has 1 aromatic rings. The molecular weight excluding hydrogens is 300 g/mol. The number of esters is 2. The normalized spacial score (nSPS) is 11.4. The smallest absolute Gasteiger partial charge is 0.375 e. The summed E-state index contributed by atoms with van der Waals surface area (Å²) < 4.78 is 14.8. The zero-order chi connectivity index (χ0) is 17.2. The van der Waals surface area contributed by atoms with Gasteiger partial charge in [0.15, 0.2) is 0 Å². The van der Waals surface area contributed by atoms with Crippen LogP contribution >= 0.6 is 0 Å². The van der Waals surface area contributed by atoms with Crippen molar-refractivity contribution >= 4 is 17.7 Å². The molecule has 6 nitrogen and oxygen atoms in total. The fourth-order valence-electron chi connectivity index (χ4n) is 2.15. The third-order valence-electron chi connectivity index (χ3n) is 3.26. The Balaban J connectivity index is 2.86. The first-order valence-electron chi connectivity index (χ1n) is 7.54. The summed E-state index contributed by atoms with van der Waals surface area (Å²) in [6.45, 7) is 3.45. The van der Waals surface area contributed by atoms with E-state index in [4.69, 9.17) is 9.47 Å². The molecule has 0 fully saturated rings. The number of ketones is 1. The van der Waals surface area contributed by atoms with E-state index in [0.29, 0.717) is 12.2 Å². The second kappa shape index (κ2) is 9.61. The summed E-state index contributed by atoms with van der Waals surface area (Å²) in [5.74, 6) is -3.09. The van der Waals surface area contributed by atoms with E-state index in [9.17, 15) is 14.4 Å². The van der Waals surface area contributed by atoms with Crippen LogP contribution in [-0.2, 0) is 30.3 Å². The molecule has 6 heteroatoms. The summed E-state index contributed by atoms with van der Waals surface area (Å²) in [6, 6.07) is 7.30. The molecule has 0 bridgehead atoms. The molecular formula is C17H22O6. The zero-order valence-corrected chi connectivity index (χ0v) is 13.7. The van der Waals surface area contributed by atoms with Crippen LogP contribution in [0.2, 0.25) is 0 Å². The molecule has 1 aromatic carbocycles. The predicted octanol–water partition coefficient (Wildman–Crippen LogP) is 1.94. The largest absolute Gasteiger partial charge is 0.496 e. The van der Waals surface area contributed by atoms with Crippen molar-refractivity contribution in [2.75, 3.05) is 20.3 Å². The first-order chi connectivity index (χ1) is 11.0. The summed E-state index contributed by atoms with van der Waals surface area (Å²) in [7, 11) is 1.55. The van der Waals surface area contributed by atoms with E-state index >= 15 is 0 Å². The average Bonchev–Trinajstić information content (AvgIpc) is 2.55. The Morgan fingerprint density at radius 2 is 1.70 bits per heavy atom. The average molecular weight is 322 g/mol. The fourth-order valence-corrected chi connectivity index (χ4v) is 2.15. The quantitative estimate of drug-likeness (QED) is 0.393. The lowest BCUT2D eigenvalue weighted by Gasteiger charge is -2.14. The van der Waals surface area contributed by atoms with Crippen molar-refractivity contribution < 1.29 is 28.6 Å². The van der Waals surface area contributed by atoms with Crippen LogP contribution in [0.25, 0.3) is 0 Å². The molecule has 0 saturated heterocycles. The Bertz CT molecular complexity index is 552. The molecule has 0 unspecified atom stereocenters. The van der Waals surface area contributed by atoms with Gasteiger partial charge in [0.05, 0.1) is 20.3 Å². The first kappa shape index (κ1) is 18.7. The van der Waals surface area contributed by atoms with Gasteiger partial charge in [0.2, 0.25) is 0 Å². The summed E-state index contributed by atoms with van der Waals surface area (Å²) in [4.78, 5) is 35.7. The number of methoxy groups -OCH3 is 1. The summed E-state index contributed by atoms with van der Waals surface area (Å²) in [5, 5.41) is 0. The van der Waals surface area contributed by atoms with Gasteiger partial charge in [-0.1, -0.05) is 18.2 Å². The second-order valence-corrected chi connectivity index (χ2v) is 4.74. The van der Waals surface area contributed by atoms with Crippen molar-refractivity contribution in [2.45, 2.75) is 26.7 Å². The van der Waals surface area contributed by atoms with Gasteiger partial charge < -0.3 is 14.2 Å². The van der Waals surface area contributed by atoms with Crippen LogP contribution in [-0.4, -0.2) is 38.0 Å². The highest BCUT2D eigenvalue weighted by Gasteiger charge is 2.33. The maximum Gasteiger partial charge on any atom is 0.375 e. The van der Waals surface area contributed by atoms with Crippen LogP contribution in [0.3, 0.4) is 0 Å². The van der Waals surface area contributed by atoms with Gasteiger partial charge in [-0.3, -0.25) is 9.59 Å². The second-order valence-electron chi connectivity index (χ2n) is 4.74. The molecule has 0 saturated carbocycles. The Morgan fingerprint density at radius 3 is 2.30 bits per heavy atom. The molecule has 0 aliphatic carbocycles. The van der Waals surface area contributed by atoms with E-state index in [1.54, 1.807) is 27.0 Å². The van der Waals surface area contributed by atoms with Crippen molar-refractivity contribution in [2.24, 2.45) is 5.92 Å². The molecule has 0 aliphatic heterocycles. The number of hydrogen-bond acceptors (Lipinski definition) is 6. The number of benzene rings is 1. The highest BCUT2D eigenvalue weighted by Crippen LogP contribution is 2.22. The van der Waals surface area contributed by atoms with Crippen molar-refractivity contribution in [3.8, 4) is 5.75 Å². The molecule has 0 aromatic heterocycles. The maximum atomic E-state index is 12.1. The SMILES string of the molecule is CCOC(=O)C(=O)[C@H](CCc1ccccc1OC)C(=O)OCC. The lowest BCUT2D eigenvalue weighted by molar-refractivity contribution is -0.162. The van der Waals surface area contributed by atoms with Crippen molar-refractivity contribution in [3.05, 3.63) is 29.8 Å². The lowest BCUT2D eigenvalue weighted by Crippen LogP contribution is -2.33. The van der Waals surface area contributed by atoms with E-state index < -0.39 is 23.6 Å². The third kappa shape index (κ3) is 5.39. The Kier molecular flexibility index (Phi) is 7.80. The van der Waals surface area contributed by atoms with Gasteiger partial charge in [-0.25, -0.2) is 4.79 Å². The first-order valence-corrected chi connectivity index (χ1v) is 7.54. The van der Waals surface area contributed by atoms with Crippen LogP contribution in [0, 0.1) is 5.92 Å². The van der Waals surface area contributed by atoms with Gasteiger partial charge in [-0.15, -0.1) is 0 Å². The van der Waals surface area contributed by atoms with Crippen molar-refractivity contribution in [1.29, 1.82) is 0 Å². The van der Waals surface area contributed by atoms with E-state index in [1.807, 2.05) is 18.2 Å². The number of carbonyl (C=O) groups excluding carboxylic acids is 3. The molecule has 0 spiro atoms. The Hall–Kier alpha value is -2.37. The van der Waals surface area contributed by atoms with Crippen LogP contribution in [0.5, 0.6) is 5.75 Å².